The normalized spacial score (nSPS) is 17.2. The van der Waals surface area contributed by atoms with Gasteiger partial charge in [-0.2, -0.15) is 0 Å². The molecular formula is C25H30N2O6S. The molecule has 0 bridgehead atoms. The molecule has 1 unspecified atom stereocenters. The molecule has 0 aliphatic carbocycles. The molecule has 1 amide bonds. The lowest BCUT2D eigenvalue weighted by Gasteiger charge is -2.38. The first kappa shape index (κ1) is 26.9. The quantitative estimate of drug-likeness (QED) is 0.430. The second kappa shape index (κ2) is 12.2. The van der Waals surface area contributed by atoms with Gasteiger partial charge in [0.05, 0.1) is 12.3 Å². The van der Waals surface area contributed by atoms with Crippen molar-refractivity contribution in [2.75, 3.05) is 39.2 Å². The molecule has 2 N–H and O–H groups in total. The number of carboxylic acid groups (broad SMARTS) is 2. The number of hydrogen-bond acceptors (Lipinski definition) is 6. The summed E-state index contributed by atoms with van der Waals surface area (Å²) in [5.74, 6) is -1.57. The summed E-state index contributed by atoms with van der Waals surface area (Å²) >= 11 is 1.62. The van der Waals surface area contributed by atoms with Gasteiger partial charge < -0.3 is 24.7 Å². The van der Waals surface area contributed by atoms with Crippen LogP contribution >= 0.6 is 11.8 Å². The summed E-state index contributed by atoms with van der Waals surface area (Å²) in [5, 5.41) is 15.6. The van der Waals surface area contributed by atoms with Gasteiger partial charge in [0.25, 0.3) is 0 Å². The highest BCUT2D eigenvalue weighted by Gasteiger charge is 2.43. The van der Waals surface area contributed by atoms with E-state index >= 15 is 0 Å². The van der Waals surface area contributed by atoms with Crippen LogP contribution in [0.15, 0.2) is 65.6 Å². The van der Waals surface area contributed by atoms with Crippen molar-refractivity contribution in [3.05, 3.63) is 66.2 Å². The molecule has 0 saturated carbocycles. The molecule has 0 aromatic heterocycles. The molecule has 0 spiro atoms. The lowest BCUT2D eigenvalue weighted by molar-refractivity contribution is -0.134. The fraction of sp³-hybridized carbons (Fsp3) is 0.320. The summed E-state index contributed by atoms with van der Waals surface area (Å²) in [4.78, 5) is 37.2. The van der Waals surface area contributed by atoms with E-state index in [9.17, 15) is 14.4 Å². The van der Waals surface area contributed by atoms with E-state index in [1.165, 1.54) is 0 Å². The largest absolute Gasteiger partial charge is 0.494 e. The standard InChI is InChI=1S/C21H26N2O2S.C4H4O4/c1-21(20(24)23(4)18-8-5-6-9-19(18)26-21)16-10-12-17(13-11-16)25-15-7-14-22(2)3;5-3(6)1-2-4(7)8/h5-6,8-13H,7,14-15H2,1-4H3;1-2H,(H,5,6)(H,7,8). The van der Waals surface area contributed by atoms with Crippen LogP contribution < -0.4 is 9.64 Å². The summed E-state index contributed by atoms with van der Waals surface area (Å²) in [5.41, 5.74) is 1.97. The molecule has 0 fully saturated rings. The van der Waals surface area contributed by atoms with Crippen molar-refractivity contribution in [3.63, 3.8) is 0 Å². The monoisotopic (exact) mass is 486 g/mol. The molecule has 2 aromatic carbocycles. The van der Waals surface area contributed by atoms with Gasteiger partial charge in [-0.1, -0.05) is 24.3 Å². The Morgan fingerprint density at radius 1 is 1.06 bits per heavy atom. The van der Waals surface area contributed by atoms with Gasteiger partial charge in [-0.05, 0) is 57.3 Å². The predicted molar refractivity (Wildman–Crippen MR) is 133 cm³/mol. The third kappa shape index (κ3) is 7.36. The minimum Gasteiger partial charge on any atom is -0.494 e. The molecule has 182 valence electrons. The van der Waals surface area contributed by atoms with Gasteiger partial charge in [0.2, 0.25) is 5.91 Å². The Morgan fingerprint density at radius 2 is 1.65 bits per heavy atom. The Balaban J connectivity index is 0.000000440. The first-order valence-electron chi connectivity index (χ1n) is 10.6. The Morgan fingerprint density at radius 3 is 2.21 bits per heavy atom. The fourth-order valence-electron chi connectivity index (χ4n) is 3.28. The number of aliphatic carboxylic acids is 2. The molecule has 1 aliphatic heterocycles. The summed E-state index contributed by atoms with van der Waals surface area (Å²) in [6.07, 6.45) is 2.10. The van der Waals surface area contributed by atoms with Gasteiger partial charge in [0.1, 0.15) is 10.5 Å². The van der Waals surface area contributed by atoms with E-state index in [2.05, 4.69) is 25.1 Å². The second-order valence-corrected chi connectivity index (χ2v) is 9.47. The van der Waals surface area contributed by atoms with E-state index in [-0.39, 0.29) is 5.91 Å². The van der Waals surface area contributed by atoms with Crippen molar-refractivity contribution in [1.29, 1.82) is 0 Å². The lowest BCUT2D eigenvalue weighted by atomic mass is 9.97. The van der Waals surface area contributed by atoms with E-state index in [0.29, 0.717) is 18.8 Å². The maximum absolute atomic E-state index is 13.0. The SMILES string of the molecule is CN(C)CCCOc1ccc(C2(C)Sc3ccccc3N(C)C2=O)cc1.O=C(O)C=CC(=O)O. The van der Waals surface area contributed by atoms with Gasteiger partial charge in [0, 0.05) is 30.6 Å². The third-order valence-electron chi connectivity index (χ3n) is 5.05. The molecule has 3 rings (SSSR count). The van der Waals surface area contributed by atoms with Crippen LogP contribution in [0.5, 0.6) is 5.75 Å². The Hall–Kier alpha value is -3.30. The zero-order chi connectivity index (χ0) is 25.3. The smallest absolute Gasteiger partial charge is 0.328 e. The van der Waals surface area contributed by atoms with Crippen LogP contribution in [0.4, 0.5) is 5.69 Å². The lowest BCUT2D eigenvalue weighted by Crippen LogP contribution is -2.44. The fourth-order valence-corrected chi connectivity index (χ4v) is 4.65. The maximum atomic E-state index is 13.0. The topological polar surface area (TPSA) is 107 Å². The predicted octanol–water partition coefficient (Wildman–Crippen LogP) is 3.71. The number of carbonyl (C=O) groups is 3. The van der Waals surface area contributed by atoms with Crippen LogP contribution in [0.25, 0.3) is 0 Å². The van der Waals surface area contributed by atoms with Crippen LogP contribution in [-0.4, -0.2) is 67.3 Å². The number of hydrogen-bond donors (Lipinski definition) is 2. The van der Waals surface area contributed by atoms with Gasteiger partial charge in [-0.3, -0.25) is 4.79 Å². The van der Waals surface area contributed by atoms with Crippen molar-refractivity contribution in [1.82, 2.24) is 4.90 Å². The number of amides is 1. The van der Waals surface area contributed by atoms with Crippen LogP contribution in [0.2, 0.25) is 0 Å². The van der Waals surface area contributed by atoms with Gasteiger partial charge >= 0.3 is 11.9 Å². The van der Waals surface area contributed by atoms with Crippen molar-refractivity contribution < 1.29 is 29.3 Å². The van der Waals surface area contributed by atoms with E-state index in [1.807, 2.05) is 56.4 Å². The number of benzene rings is 2. The molecule has 34 heavy (non-hydrogen) atoms. The number of fused-ring (bicyclic) bond motifs is 1. The zero-order valence-electron chi connectivity index (χ0n) is 19.7. The van der Waals surface area contributed by atoms with E-state index in [0.717, 1.165) is 34.9 Å². The van der Waals surface area contributed by atoms with Crippen LogP contribution in [-0.2, 0) is 19.1 Å². The minimum atomic E-state index is -1.26. The van der Waals surface area contributed by atoms with Gasteiger partial charge in [0.15, 0.2) is 0 Å². The van der Waals surface area contributed by atoms with Crippen molar-refractivity contribution in [3.8, 4) is 5.75 Å². The number of ether oxygens (including phenoxy) is 1. The highest BCUT2D eigenvalue weighted by Crippen LogP contribution is 2.50. The zero-order valence-corrected chi connectivity index (χ0v) is 20.5. The van der Waals surface area contributed by atoms with Gasteiger partial charge in [-0.25, -0.2) is 9.59 Å². The number of rotatable bonds is 8. The molecular weight excluding hydrogens is 456 g/mol. The average molecular weight is 487 g/mol. The highest BCUT2D eigenvalue weighted by atomic mass is 32.2. The van der Waals surface area contributed by atoms with E-state index < -0.39 is 16.7 Å². The molecule has 9 heteroatoms. The van der Waals surface area contributed by atoms with Crippen LogP contribution in [0.1, 0.15) is 18.9 Å². The van der Waals surface area contributed by atoms with Gasteiger partial charge in [-0.15, -0.1) is 11.8 Å². The minimum absolute atomic E-state index is 0.0980. The van der Waals surface area contributed by atoms with Crippen molar-refractivity contribution >= 4 is 35.3 Å². The van der Waals surface area contributed by atoms with Crippen LogP contribution in [0.3, 0.4) is 0 Å². The summed E-state index contributed by atoms with van der Waals surface area (Å²) in [6, 6.07) is 16.0. The number of carboxylic acids is 2. The summed E-state index contributed by atoms with van der Waals surface area (Å²) in [7, 11) is 5.97. The first-order valence-corrected chi connectivity index (χ1v) is 11.4. The molecule has 1 atom stereocenters. The Labute approximate surface area is 203 Å². The Kier molecular flexibility index (Phi) is 9.70. The average Bonchev–Trinajstić information content (AvgIpc) is 2.80. The molecule has 0 saturated heterocycles. The molecule has 1 aliphatic rings. The second-order valence-electron chi connectivity index (χ2n) is 8.01. The maximum Gasteiger partial charge on any atom is 0.328 e. The molecule has 8 nitrogen and oxygen atoms in total. The van der Waals surface area contributed by atoms with Crippen molar-refractivity contribution in [2.45, 2.75) is 23.0 Å². The molecule has 1 heterocycles. The van der Waals surface area contributed by atoms with E-state index in [4.69, 9.17) is 14.9 Å². The molecule has 2 aromatic rings. The number of thioether (sulfide) groups is 1. The van der Waals surface area contributed by atoms with E-state index in [1.54, 1.807) is 16.7 Å². The Bertz CT molecular complexity index is 1020. The highest BCUT2D eigenvalue weighted by molar-refractivity contribution is 8.01. The number of anilines is 1. The third-order valence-corrected chi connectivity index (χ3v) is 6.43. The summed E-state index contributed by atoms with van der Waals surface area (Å²) in [6.45, 7) is 3.70. The van der Waals surface area contributed by atoms with Crippen molar-refractivity contribution in [2.24, 2.45) is 0 Å². The number of para-hydroxylation sites is 1. The number of carbonyl (C=O) groups excluding carboxylic acids is 1. The summed E-state index contributed by atoms with van der Waals surface area (Å²) < 4.78 is 5.17. The molecule has 0 radical (unpaired) electrons. The van der Waals surface area contributed by atoms with Crippen LogP contribution in [0, 0.1) is 0 Å². The number of likely N-dealkylation sites (N-methyl/N-ethyl adjacent to an activating group) is 1. The number of nitrogens with zero attached hydrogens (tertiary/aromatic N) is 2. The first-order chi connectivity index (χ1) is 16.0.